The molecule has 0 bridgehead atoms. The molecule has 1 heteroatoms. The maximum Gasteiger partial charge on any atom is 0.0243 e. The lowest BCUT2D eigenvalue weighted by Crippen LogP contribution is -2.29. The third-order valence-corrected chi connectivity index (χ3v) is 3.32. The summed E-state index contributed by atoms with van der Waals surface area (Å²) in [7, 11) is 0. The zero-order chi connectivity index (χ0) is 9.97. The van der Waals surface area contributed by atoms with Gasteiger partial charge in [-0.05, 0) is 24.0 Å². The molecule has 1 nitrogen and oxygen atoms in total. The lowest BCUT2D eigenvalue weighted by atomic mass is 10.1. The number of fused-ring (bicyclic) bond motifs is 1. The summed E-state index contributed by atoms with van der Waals surface area (Å²) >= 11 is 0. The Balaban J connectivity index is 2.11. The number of hydrogen-bond donors (Lipinski definition) is 0. The molecule has 1 aromatic rings. The summed E-state index contributed by atoms with van der Waals surface area (Å²) < 4.78 is 0. The van der Waals surface area contributed by atoms with Crippen LogP contribution in [0.5, 0.6) is 0 Å². The van der Waals surface area contributed by atoms with Crippen molar-refractivity contribution in [3.8, 4) is 0 Å². The second kappa shape index (κ2) is 4.14. The van der Waals surface area contributed by atoms with Crippen molar-refractivity contribution in [3.63, 3.8) is 0 Å². The molecule has 0 unspecified atom stereocenters. The number of benzene rings is 1. The lowest BCUT2D eigenvalue weighted by Gasteiger charge is -2.24. The van der Waals surface area contributed by atoms with Crippen molar-refractivity contribution in [1.29, 1.82) is 0 Å². The maximum absolute atomic E-state index is 2.60. The van der Waals surface area contributed by atoms with Crippen LogP contribution in [0.3, 0.4) is 0 Å². The van der Waals surface area contributed by atoms with Crippen molar-refractivity contribution in [2.45, 2.75) is 45.8 Å². The number of hydrogen-bond acceptors (Lipinski definition) is 1. The normalized spacial score (nSPS) is 16.2. The Morgan fingerprint density at radius 3 is 2.00 bits per heavy atom. The van der Waals surface area contributed by atoms with Crippen molar-refractivity contribution < 1.29 is 0 Å². The molecule has 0 aliphatic carbocycles. The molecule has 0 amide bonds. The molecule has 76 valence electrons. The Morgan fingerprint density at radius 2 is 1.57 bits per heavy atom. The Kier molecular flexibility index (Phi) is 2.87. The fourth-order valence-corrected chi connectivity index (χ4v) is 2.42. The first-order valence-electron chi connectivity index (χ1n) is 5.66. The van der Waals surface area contributed by atoms with E-state index in [4.69, 9.17) is 0 Å². The molecular formula is C13H19N. The van der Waals surface area contributed by atoms with Crippen molar-refractivity contribution in [1.82, 2.24) is 4.90 Å². The van der Waals surface area contributed by atoms with Crippen molar-refractivity contribution in [3.05, 3.63) is 35.4 Å². The van der Waals surface area contributed by atoms with E-state index < -0.39 is 0 Å². The number of rotatable bonds is 3. The molecule has 1 aliphatic rings. The highest BCUT2D eigenvalue weighted by Crippen LogP contribution is 2.25. The molecule has 1 heterocycles. The van der Waals surface area contributed by atoms with Gasteiger partial charge < -0.3 is 0 Å². The molecular weight excluding hydrogens is 170 g/mol. The van der Waals surface area contributed by atoms with Crippen LogP contribution in [0.25, 0.3) is 0 Å². The summed E-state index contributed by atoms with van der Waals surface area (Å²) in [5.74, 6) is 0. The van der Waals surface area contributed by atoms with Gasteiger partial charge in [0.25, 0.3) is 0 Å². The quantitative estimate of drug-likeness (QED) is 0.706. The van der Waals surface area contributed by atoms with Crippen molar-refractivity contribution >= 4 is 0 Å². The highest BCUT2D eigenvalue weighted by atomic mass is 15.2. The topological polar surface area (TPSA) is 3.24 Å². The van der Waals surface area contributed by atoms with Crippen molar-refractivity contribution in [2.24, 2.45) is 0 Å². The fourth-order valence-electron chi connectivity index (χ4n) is 2.42. The highest BCUT2D eigenvalue weighted by molar-refractivity contribution is 5.30. The SMILES string of the molecule is CCC(CC)N1Cc2ccccc2C1. The van der Waals surface area contributed by atoms with Gasteiger partial charge in [-0.2, -0.15) is 0 Å². The van der Waals surface area contributed by atoms with E-state index in [-0.39, 0.29) is 0 Å². The van der Waals surface area contributed by atoms with Gasteiger partial charge in [0, 0.05) is 19.1 Å². The summed E-state index contributed by atoms with van der Waals surface area (Å²) in [4.78, 5) is 2.60. The fraction of sp³-hybridized carbons (Fsp3) is 0.538. The zero-order valence-corrected chi connectivity index (χ0v) is 9.16. The van der Waals surface area contributed by atoms with Gasteiger partial charge in [0.1, 0.15) is 0 Å². The Hall–Kier alpha value is -0.820. The largest absolute Gasteiger partial charge is 0.292 e. The molecule has 0 fully saturated rings. The predicted octanol–water partition coefficient (Wildman–Crippen LogP) is 3.19. The van der Waals surface area contributed by atoms with Crippen LogP contribution in [-0.2, 0) is 13.1 Å². The van der Waals surface area contributed by atoms with E-state index in [0.29, 0.717) is 0 Å². The Bertz CT molecular complexity index is 277. The standard InChI is InChI=1S/C13H19N/c1-3-13(4-2)14-9-11-7-5-6-8-12(11)10-14/h5-8,13H,3-4,9-10H2,1-2H3. The smallest absolute Gasteiger partial charge is 0.0243 e. The van der Waals surface area contributed by atoms with Crippen LogP contribution in [-0.4, -0.2) is 10.9 Å². The second-order valence-electron chi connectivity index (χ2n) is 4.14. The van der Waals surface area contributed by atoms with Crippen LogP contribution in [0.1, 0.15) is 37.8 Å². The molecule has 0 saturated heterocycles. The van der Waals surface area contributed by atoms with Crippen molar-refractivity contribution in [2.75, 3.05) is 0 Å². The zero-order valence-electron chi connectivity index (χ0n) is 9.16. The number of nitrogens with zero attached hydrogens (tertiary/aromatic N) is 1. The minimum atomic E-state index is 0.766. The van der Waals surface area contributed by atoms with Gasteiger partial charge in [0.2, 0.25) is 0 Å². The van der Waals surface area contributed by atoms with Crippen LogP contribution in [0.2, 0.25) is 0 Å². The summed E-state index contributed by atoms with van der Waals surface area (Å²) in [6, 6.07) is 9.59. The summed E-state index contributed by atoms with van der Waals surface area (Å²) in [5, 5.41) is 0. The van der Waals surface area contributed by atoms with Gasteiger partial charge in [0.05, 0.1) is 0 Å². The van der Waals surface area contributed by atoms with E-state index in [1.807, 2.05) is 0 Å². The lowest BCUT2D eigenvalue weighted by molar-refractivity contribution is 0.188. The predicted molar refractivity (Wildman–Crippen MR) is 60.1 cm³/mol. The molecule has 0 saturated carbocycles. The minimum absolute atomic E-state index is 0.766. The van der Waals surface area contributed by atoms with Crippen LogP contribution in [0.4, 0.5) is 0 Å². The van der Waals surface area contributed by atoms with E-state index in [1.54, 1.807) is 0 Å². The molecule has 0 spiro atoms. The highest BCUT2D eigenvalue weighted by Gasteiger charge is 2.22. The summed E-state index contributed by atoms with van der Waals surface area (Å²) in [6.07, 6.45) is 2.54. The molecule has 1 aromatic carbocycles. The molecule has 0 radical (unpaired) electrons. The van der Waals surface area contributed by atoms with E-state index in [0.717, 1.165) is 19.1 Å². The summed E-state index contributed by atoms with van der Waals surface area (Å²) in [6.45, 7) is 6.89. The van der Waals surface area contributed by atoms with Gasteiger partial charge in [0.15, 0.2) is 0 Å². The van der Waals surface area contributed by atoms with Crippen LogP contribution < -0.4 is 0 Å². The van der Waals surface area contributed by atoms with Gasteiger partial charge >= 0.3 is 0 Å². The second-order valence-corrected chi connectivity index (χ2v) is 4.14. The van der Waals surface area contributed by atoms with E-state index in [1.165, 1.54) is 24.0 Å². The molecule has 0 atom stereocenters. The summed E-state index contributed by atoms with van der Waals surface area (Å²) in [5.41, 5.74) is 3.05. The molecule has 0 aromatic heterocycles. The third kappa shape index (κ3) is 1.69. The molecule has 1 aliphatic heterocycles. The molecule has 2 rings (SSSR count). The van der Waals surface area contributed by atoms with Crippen LogP contribution in [0.15, 0.2) is 24.3 Å². The Morgan fingerprint density at radius 1 is 1.07 bits per heavy atom. The third-order valence-electron chi connectivity index (χ3n) is 3.32. The first-order valence-corrected chi connectivity index (χ1v) is 5.66. The maximum atomic E-state index is 2.60. The van der Waals surface area contributed by atoms with Crippen LogP contribution >= 0.6 is 0 Å². The Labute approximate surface area is 86.7 Å². The van der Waals surface area contributed by atoms with E-state index in [9.17, 15) is 0 Å². The van der Waals surface area contributed by atoms with Gasteiger partial charge in [-0.25, -0.2) is 0 Å². The van der Waals surface area contributed by atoms with Gasteiger partial charge in [-0.15, -0.1) is 0 Å². The first kappa shape index (κ1) is 9.72. The van der Waals surface area contributed by atoms with Gasteiger partial charge in [-0.1, -0.05) is 38.1 Å². The van der Waals surface area contributed by atoms with Crippen LogP contribution in [0, 0.1) is 0 Å². The molecule has 14 heavy (non-hydrogen) atoms. The van der Waals surface area contributed by atoms with E-state index >= 15 is 0 Å². The minimum Gasteiger partial charge on any atom is -0.292 e. The molecule has 0 N–H and O–H groups in total. The monoisotopic (exact) mass is 189 g/mol. The first-order chi connectivity index (χ1) is 6.85. The van der Waals surface area contributed by atoms with E-state index in [2.05, 4.69) is 43.0 Å². The average molecular weight is 189 g/mol. The van der Waals surface area contributed by atoms with Gasteiger partial charge in [-0.3, -0.25) is 4.90 Å². The average Bonchev–Trinajstić information content (AvgIpc) is 2.63.